The van der Waals surface area contributed by atoms with E-state index in [9.17, 15) is 0 Å². The Labute approximate surface area is 147 Å². The van der Waals surface area contributed by atoms with Gasteiger partial charge in [0.25, 0.3) is 0 Å². The highest BCUT2D eigenvalue weighted by atomic mass is 16.5. The Morgan fingerprint density at radius 3 is 2.96 bits per heavy atom. The number of benzene rings is 1. The molecule has 0 radical (unpaired) electrons. The highest BCUT2D eigenvalue weighted by molar-refractivity contribution is 5.86. The maximum Gasteiger partial charge on any atom is 0.142 e. The van der Waals surface area contributed by atoms with E-state index >= 15 is 0 Å². The standard InChI is InChI=1S/C19H23N5O/c1-12(2)17(23-19-14-6-7-20-18(14)21-11-22-19)13-4-5-16-15(10-13)24(3)8-9-25-16/h4-7,10-12,17H,8-9H2,1-3H3,(H2,20,21,22,23)/t17-/m1/s1. The van der Waals surface area contributed by atoms with Crippen LogP contribution in [0.1, 0.15) is 25.5 Å². The predicted octanol–water partition coefficient (Wildman–Crippen LogP) is 3.60. The number of likely N-dealkylation sites (N-methyl/N-ethyl adjacent to an activating group) is 1. The van der Waals surface area contributed by atoms with E-state index in [4.69, 9.17) is 4.74 Å². The van der Waals surface area contributed by atoms with E-state index < -0.39 is 0 Å². The first kappa shape index (κ1) is 15.7. The van der Waals surface area contributed by atoms with Crippen LogP contribution >= 0.6 is 0 Å². The van der Waals surface area contributed by atoms with Gasteiger partial charge in [-0.2, -0.15) is 0 Å². The first-order chi connectivity index (χ1) is 12.1. The number of ether oxygens (including phenoxy) is 1. The zero-order valence-corrected chi connectivity index (χ0v) is 14.8. The minimum absolute atomic E-state index is 0.147. The van der Waals surface area contributed by atoms with Crippen molar-refractivity contribution in [3.63, 3.8) is 0 Å². The van der Waals surface area contributed by atoms with Gasteiger partial charge in [-0.1, -0.05) is 19.9 Å². The molecule has 0 spiro atoms. The van der Waals surface area contributed by atoms with Gasteiger partial charge in [-0.25, -0.2) is 9.97 Å². The number of hydrogen-bond donors (Lipinski definition) is 2. The van der Waals surface area contributed by atoms with Crippen LogP contribution in [0.2, 0.25) is 0 Å². The first-order valence-electron chi connectivity index (χ1n) is 8.66. The lowest BCUT2D eigenvalue weighted by atomic mass is 9.95. The van der Waals surface area contributed by atoms with Crippen LogP contribution in [-0.4, -0.2) is 35.2 Å². The van der Waals surface area contributed by atoms with Crippen molar-refractivity contribution < 1.29 is 4.74 Å². The van der Waals surface area contributed by atoms with Crippen molar-refractivity contribution in [3.8, 4) is 5.75 Å². The molecule has 1 atom stereocenters. The second-order valence-electron chi connectivity index (χ2n) is 6.83. The molecule has 6 heteroatoms. The molecule has 130 valence electrons. The van der Waals surface area contributed by atoms with Crippen LogP contribution in [0.3, 0.4) is 0 Å². The number of nitrogens with one attached hydrogen (secondary N) is 2. The van der Waals surface area contributed by atoms with Crippen molar-refractivity contribution in [2.75, 3.05) is 30.4 Å². The lowest BCUT2D eigenvalue weighted by Gasteiger charge is -2.30. The quantitative estimate of drug-likeness (QED) is 0.761. The van der Waals surface area contributed by atoms with Gasteiger partial charge in [0.15, 0.2) is 0 Å². The van der Waals surface area contributed by atoms with Gasteiger partial charge in [0.1, 0.15) is 30.1 Å². The van der Waals surface area contributed by atoms with Gasteiger partial charge in [-0.3, -0.25) is 0 Å². The van der Waals surface area contributed by atoms with Gasteiger partial charge in [0.05, 0.1) is 23.7 Å². The van der Waals surface area contributed by atoms with Crippen LogP contribution in [0.5, 0.6) is 5.75 Å². The molecule has 2 N–H and O–H groups in total. The fraction of sp³-hybridized carbons (Fsp3) is 0.368. The third kappa shape index (κ3) is 2.88. The van der Waals surface area contributed by atoms with Crippen molar-refractivity contribution in [2.24, 2.45) is 5.92 Å². The molecule has 3 aromatic rings. The van der Waals surface area contributed by atoms with Crippen LogP contribution in [0.15, 0.2) is 36.8 Å². The van der Waals surface area contributed by atoms with Gasteiger partial charge in [0, 0.05) is 13.2 Å². The average Bonchev–Trinajstić information content (AvgIpc) is 3.09. The van der Waals surface area contributed by atoms with Crippen LogP contribution in [0.25, 0.3) is 11.0 Å². The summed E-state index contributed by atoms with van der Waals surface area (Å²) < 4.78 is 5.77. The van der Waals surface area contributed by atoms with Crippen LogP contribution in [0, 0.1) is 5.92 Å². The fourth-order valence-electron chi connectivity index (χ4n) is 3.33. The molecule has 0 fully saturated rings. The Bertz CT molecular complexity index is 888. The lowest BCUT2D eigenvalue weighted by Crippen LogP contribution is -2.29. The van der Waals surface area contributed by atoms with Crippen molar-refractivity contribution in [1.29, 1.82) is 0 Å². The number of aromatic nitrogens is 3. The summed E-state index contributed by atoms with van der Waals surface area (Å²) in [5.74, 6) is 2.21. The Morgan fingerprint density at radius 1 is 1.24 bits per heavy atom. The first-order valence-corrected chi connectivity index (χ1v) is 8.66. The Balaban J connectivity index is 1.70. The summed E-state index contributed by atoms with van der Waals surface area (Å²) in [6.07, 6.45) is 3.48. The summed E-state index contributed by atoms with van der Waals surface area (Å²) in [6.45, 7) is 6.08. The fourth-order valence-corrected chi connectivity index (χ4v) is 3.33. The van der Waals surface area contributed by atoms with E-state index in [0.717, 1.165) is 41.4 Å². The Hall–Kier alpha value is -2.76. The molecular formula is C19H23N5O. The minimum atomic E-state index is 0.147. The number of fused-ring (bicyclic) bond motifs is 2. The topological polar surface area (TPSA) is 66.1 Å². The maximum absolute atomic E-state index is 5.77. The van der Waals surface area contributed by atoms with E-state index in [1.54, 1.807) is 6.33 Å². The Morgan fingerprint density at radius 2 is 2.12 bits per heavy atom. The lowest BCUT2D eigenvalue weighted by molar-refractivity contribution is 0.311. The molecule has 2 aromatic heterocycles. The number of anilines is 2. The summed E-state index contributed by atoms with van der Waals surface area (Å²) in [5.41, 5.74) is 3.22. The zero-order valence-electron chi connectivity index (χ0n) is 14.8. The molecule has 4 rings (SSSR count). The van der Waals surface area contributed by atoms with Gasteiger partial charge < -0.3 is 19.9 Å². The van der Waals surface area contributed by atoms with Crippen LogP contribution < -0.4 is 15.0 Å². The van der Waals surface area contributed by atoms with E-state index in [-0.39, 0.29) is 6.04 Å². The van der Waals surface area contributed by atoms with E-state index in [2.05, 4.69) is 64.3 Å². The van der Waals surface area contributed by atoms with Crippen molar-refractivity contribution in [1.82, 2.24) is 15.0 Å². The molecule has 25 heavy (non-hydrogen) atoms. The highest BCUT2D eigenvalue weighted by Gasteiger charge is 2.22. The van der Waals surface area contributed by atoms with Crippen molar-refractivity contribution in [3.05, 3.63) is 42.4 Å². The second kappa shape index (κ2) is 6.27. The molecule has 0 aliphatic carbocycles. The van der Waals surface area contributed by atoms with Gasteiger partial charge in [0.2, 0.25) is 0 Å². The van der Waals surface area contributed by atoms with Crippen molar-refractivity contribution in [2.45, 2.75) is 19.9 Å². The number of hydrogen-bond acceptors (Lipinski definition) is 5. The molecule has 0 bridgehead atoms. The number of rotatable bonds is 4. The van der Waals surface area contributed by atoms with Gasteiger partial charge in [-0.15, -0.1) is 0 Å². The summed E-state index contributed by atoms with van der Waals surface area (Å²) in [6, 6.07) is 8.59. The zero-order chi connectivity index (χ0) is 17.4. The van der Waals surface area contributed by atoms with Crippen LogP contribution in [-0.2, 0) is 0 Å². The van der Waals surface area contributed by atoms with E-state index in [1.165, 1.54) is 5.56 Å². The molecule has 0 saturated carbocycles. The molecular weight excluding hydrogens is 314 g/mol. The molecule has 0 saturated heterocycles. The monoisotopic (exact) mass is 337 g/mol. The third-order valence-electron chi connectivity index (χ3n) is 4.75. The molecule has 1 aliphatic rings. The van der Waals surface area contributed by atoms with Crippen molar-refractivity contribution >= 4 is 22.5 Å². The molecule has 0 amide bonds. The molecule has 1 aromatic carbocycles. The Kier molecular flexibility index (Phi) is 3.95. The SMILES string of the molecule is CC(C)[C@@H](Nc1ncnc2[nH]ccc12)c1ccc2c(c1)N(C)CCO2. The van der Waals surface area contributed by atoms with Gasteiger partial charge >= 0.3 is 0 Å². The smallest absolute Gasteiger partial charge is 0.142 e. The normalized spacial score (nSPS) is 15.1. The maximum atomic E-state index is 5.77. The third-order valence-corrected chi connectivity index (χ3v) is 4.75. The summed E-state index contributed by atoms with van der Waals surface area (Å²) in [7, 11) is 2.11. The largest absolute Gasteiger partial charge is 0.490 e. The highest BCUT2D eigenvalue weighted by Crippen LogP contribution is 2.36. The van der Waals surface area contributed by atoms with E-state index in [0.29, 0.717) is 5.92 Å². The number of nitrogens with zero attached hydrogens (tertiary/aromatic N) is 3. The second-order valence-corrected chi connectivity index (χ2v) is 6.83. The summed E-state index contributed by atoms with van der Waals surface area (Å²) in [5, 5.41) is 4.62. The summed E-state index contributed by atoms with van der Waals surface area (Å²) >= 11 is 0. The number of aromatic amines is 1. The molecule has 3 heterocycles. The number of H-pyrrole nitrogens is 1. The summed E-state index contributed by atoms with van der Waals surface area (Å²) in [4.78, 5) is 14.1. The van der Waals surface area contributed by atoms with Gasteiger partial charge in [-0.05, 0) is 29.7 Å². The average molecular weight is 337 g/mol. The molecule has 1 aliphatic heterocycles. The minimum Gasteiger partial charge on any atom is -0.490 e. The van der Waals surface area contributed by atoms with Crippen LogP contribution in [0.4, 0.5) is 11.5 Å². The molecule has 6 nitrogen and oxygen atoms in total. The van der Waals surface area contributed by atoms with E-state index in [1.807, 2.05) is 12.3 Å². The molecule has 0 unspecified atom stereocenters. The predicted molar refractivity (Wildman–Crippen MR) is 100 cm³/mol.